The van der Waals surface area contributed by atoms with Crippen LogP contribution in [-0.4, -0.2) is 39.5 Å². The topological polar surface area (TPSA) is 67.6 Å². The summed E-state index contributed by atoms with van der Waals surface area (Å²) in [5.74, 6) is 0.338. The maximum atomic E-state index is 13.2. The number of fused-ring (bicyclic) bond motifs is 1. The van der Waals surface area contributed by atoms with Gasteiger partial charge >= 0.3 is 6.09 Å². The molecule has 0 bridgehead atoms. The number of hydrogen-bond donors (Lipinski definition) is 1. The van der Waals surface area contributed by atoms with Crippen molar-refractivity contribution in [1.82, 2.24) is 14.7 Å². The van der Waals surface area contributed by atoms with E-state index >= 15 is 0 Å². The Labute approximate surface area is 137 Å². The minimum absolute atomic E-state index is 0.0244. The molecule has 24 heavy (non-hydrogen) atoms. The van der Waals surface area contributed by atoms with E-state index in [1.165, 1.54) is 18.1 Å². The fourth-order valence-electron chi connectivity index (χ4n) is 2.97. The minimum atomic E-state index is -2.56. The summed E-state index contributed by atoms with van der Waals surface area (Å²) in [5.41, 5.74) is 1.99. The Morgan fingerprint density at radius 3 is 2.83 bits per heavy atom. The van der Waals surface area contributed by atoms with Crippen LogP contribution in [0.1, 0.15) is 28.8 Å². The van der Waals surface area contributed by atoms with E-state index in [2.05, 4.69) is 5.10 Å². The van der Waals surface area contributed by atoms with Gasteiger partial charge in [0, 0.05) is 24.2 Å². The molecule has 2 heterocycles. The van der Waals surface area contributed by atoms with Crippen LogP contribution in [0.3, 0.4) is 0 Å². The second-order valence-corrected chi connectivity index (χ2v) is 5.55. The molecule has 3 rings (SSSR count). The Morgan fingerprint density at radius 2 is 2.17 bits per heavy atom. The Balaban J connectivity index is 1.95. The Morgan fingerprint density at radius 1 is 1.42 bits per heavy atom. The van der Waals surface area contributed by atoms with Gasteiger partial charge in [-0.1, -0.05) is 24.3 Å². The number of hydrogen-bond acceptors (Lipinski definition) is 3. The highest BCUT2D eigenvalue weighted by atomic mass is 19.3. The molecule has 1 N–H and O–H groups in total. The van der Waals surface area contributed by atoms with Crippen molar-refractivity contribution >= 4 is 6.09 Å². The number of alkyl halides is 2. The lowest BCUT2D eigenvalue weighted by Crippen LogP contribution is -2.35. The Hall–Kier alpha value is -2.64. The fourth-order valence-corrected chi connectivity index (χ4v) is 2.97. The number of carboxylic acid groups (broad SMARTS) is 1. The van der Waals surface area contributed by atoms with E-state index in [-0.39, 0.29) is 18.7 Å². The van der Waals surface area contributed by atoms with E-state index in [0.29, 0.717) is 30.0 Å². The van der Waals surface area contributed by atoms with E-state index in [9.17, 15) is 13.6 Å². The average molecular weight is 337 g/mol. The molecule has 0 spiro atoms. The van der Waals surface area contributed by atoms with Crippen LogP contribution in [0.5, 0.6) is 5.88 Å². The quantitative estimate of drug-likeness (QED) is 0.931. The number of rotatable bonds is 4. The van der Waals surface area contributed by atoms with Gasteiger partial charge in [-0.2, -0.15) is 0 Å². The molecule has 0 atom stereocenters. The molecule has 0 aliphatic carbocycles. The van der Waals surface area contributed by atoms with E-state index in [1.54, 1.807) is 22.9 Å². The van der Waals surface area contributed by atoms with Crippen LogP contribution in [0, 0.1) is 0 Å². The number of amides is 1. The second kappa shape index (κ2) is 6.46. The first-order chi connectivity index (χ1) is 11.5. The van der Waals surface area contributed by atoms with Gasteiger partial charge < -0.3 is 14.7 Å². The zero-order valence-corrected chi connectivity index (χ0v) is 13.1. The van der Waals surface area contributed by atoms with Gasteiger partial charge in [0.1, 0.15) is 0 Å². The maximum Gasteiger partial charge on any atom is 0.407 e. The van der Waals surface area contributed by atoms with Gasteiger partial charge in [0.2, 0.25) is 5.88 Å². The molecule has 1 aromatic heterocycles. The molecule has 0 fully saturated rings. The van der Waals surface area contributed by atoms with Crippen LogP contribution in [0.4, 0.5) is 13.6 Å². The number of aromatic nitrogens is 2. The third kappa shape index (κ3) is 2.91. The van der Waals surface area contributed by atoms with Crippen LogP contribution in [0.15, 0.2) is 24.3 Å². The molecular weight excluding hydrogens is 320 g/mol. The lowest BCUT2D eigenvalue weighted by Gasteiger charge is -2.25. The highest BCUT2D eigenvalue weighted by Gasteiger charge is 2.28. The number of carbonyl (C=O) groups is 1. The summed E-state index contributed by atoms with van der Waals surface area (Å²) >= 11 is 0. The Bertz CT molecular complexity index is 761. The van der Waals surface area contributed by atoms with E-state index in [1.807, 2.05) is 0 Å². The first-order valence-electron chi connectivity index (χ1n) is 7.47. The standard InChI is InChI=1S/C16H17F2N3O3/c1-24-15-12-9-20(16(22)23)7-6-13(12)21(19-15)8-10-4-2-3-5-11(10)14(17)18/h2-5,14H,6-9H2,1H3,(H,22,23). The van der Waals surface area contributed by atoms with Crippen molar-refractivity contribution in [2.75, 3.05) is 13.7 Å². The SMILES string of the molecule is COc1nn(Cc2ccccc2C(F)F)c2c1CN(C(=O)O)CC2. The molecule has 1 aliphatic rings. The molecule has 2 aromatic rings. The van der Waals surface area contributed by atoms with Crippen molar-refractivity contribution in [1.29, 1.82) is 0 Å². The summed E-state index contributed by atoms with van der Waals surface area (Å²) in [5, 5.41) is 13.5. The van der Waals surface area contributed by atoms with Gasteiger partial charge in [-0.25, -0.2) is 13.6 Å². The number of ether oxygens (including phenoxy) is 1. The van der Waals surface area contributed by atoms with Crippen molar-refractivity contribution in [3.05, 3.63) is 46.6 Å². The normalized spacial score (nSPS) is 13.9. The van der Waals surface area contributed by atoms with Gasteiger partial charge in [-0.3, -0.25) is 4.68 Å². The number of nitrogens with zero attached hydrogens (tertiary/aromatic N) is 3. The summed E-state index contributed by atoms with van der Waals surface area (Å²) in [6.07, 6.45) is -3.09. The molecule has 128 valence electrons. The van der Waals surface area contributed by atoms with Crippen LogP contribution < -0.4 is 4.74 Å². The summed E-state index contributed by atoms with van der Waals surface area (Å²) in [6.45, 7) is 0.720. The number of halogens is 2. The van der Waals surface area contributed by atoms with Crippen molar-refractivity contribution in [2.45, 2.75) is 25.9 Å². The number of benzene rings is 1. The molecule has 0 saturated carbocycles. The predicted molar refractivity (Wildman–Crippen MR) is 81.4 cm³/mol. The molecule has 1 amide bonds. The number of methoxy groups -OCH3 is 1. The average Bonchev–Trinajstić information content (AvgIpc) is 2.92. The van der Waals surface area contributed by atoms with Crippen LogP contribution in [0.25, 0.3) is 0 Å². The molecule has 1 aliphatic heterocycles. The molecule has 6 nitrogen and oxygen atoms in total. The molecule has 8 heteroatoms. The zero-order chi connectivity index (χ0) is 17.3. The smallest absolute Gasteiger partial charge is 0.407 e. The predicted octanol–water partition coefficient (Wildman–Crippen LogP) is 2.91. The summed E-state index contributed by atoms with van der Waals surface area (Å²) in [7, 11) is 1.46. The summed E-state index contributed by atoms with van der Waals surface area (Å²) < 4.78 is 33.2. The molecule has 0 unspecified atom stereocenters. The van der Waals surface area contributed by atoms with Crippen molar-refractivity contribution < 1.29 is 23.4 Å². The van der Waals surface area contributed by atoms with Crippen molar-refractivity contribution in [2.24, 2.45) is 0 Å². The molecular formula is C16H17F2N3O3. The second-order valence-electron chi connectivity index (χ2n) is 5.55. The van der Waals surface area contributed by atoms with Gasteiger partial charge in [0.25, 0.3) is 6.43 Å². The third-order valence-corrected chi connectivity index (χ3v) is 4.17. The third-order valence-electron chi connectivity index (χ3n) is 4.17. The zero-order valence-electron chi connectivity index (χ0n) is 13.1. The molecule has 1 aromatic carbocycles. The maximum absolute atomic E-state index is 13.2. The lowest BCUT2D eigenvalue weighted by molar-refractivity contribution is 0.139. The molecule has 0 radical (unpaired) electrons. The van der Waals surface area contributed by atoms with Gasteiger partial charge in [0.15, 0.2) is 0 Å². The first-order valence-corrected chi connectivity index (χ1v) is 7.47. The van der Waals surface area contributed by atoms with Gasteiger partial charge in [-0.05, 0) is 5.56 Å². The minimum Gasteiger partial charge on any atom is -0.480 e. The highest BCUT2D eigenvalue weighted by Crippen LogP contribution is 2.30. The first kappa shape index (κ1) is 16.2. The van der Waals surface area contributed by atoms with Gasteiger partial charge in [-0.15, -0.1) is 5.10 Å². The van der Waals surface area contributed by atoms with Gasteiger partial charge in [0.05, 0.1) is 25.8 Å². The van der Waals surface area contributed by atoms with Crippen LogP contribution >= 0.6 is 0 Å². The van der Waals surface area contributed by atoms with E-state index in [0.717, 1.165) is 5.69 Å². The Kier molecular flexibility index (Phi) is 4.37. The molecule has 0 saturated heterocycles. The van der Waals surface area contributed by atoms with Crippen LogP contribution in [0.2, 0.25) is 0 Å². The largest absolute Gasteiger partial charge is 0.480 e. The van der Waals surface area contributed by atoms with Crippen molar-refractivity contribution in [3.63, 3.8) is 0 Å². The summed E-state index contributed by atoms with van der Waals surface area (Å²) in [4.78, 5) is 12.4. The fraction of sp³-hybridized carbons (Fsp3) is 0.375. The van der Waals surface area contributed by atoms with E-state index < -0.39 is 12.5 Å². The van der Waals surface area contributed by atoms with Crippen molar-refractivity contribution in [3.8, 4) is 5.88 Å². The highest BCUT2D eigenvalue weighted by molar-refractivity contribution is 5.65. The van der Waals surface area contributed by atoms with E-state index in [4.69, 9.17) is 9.84 Å². The van der Waals surface area contributed by atoms with Crippen LogP contribution in [-0.2, 0) is 19.5 Å². The summed E-state index contributed by atoms with van der Waals surface area (Å²) in [6, 6.07) is 6.34. The lowest BCUT2D eigenvalue weighted by atomic mass is 10.1. The monoisotopic (exact) mass is 337 g/mol.